The predicted octanol–water partition coefficient (Wildman–Crippen LogP) is 1.40. The molecule has 0 saturated carbocycles. The number of rotatable bonds is 1. The molecule has 86 valence electrons. The number of halogens is 1. The Bertz CT molecular complexity index is 565. The molecule has 0 N–H and O–H groups in total. The van der Waals surface area contributed by atoms with Gasteiger partial charge in [0.05, 0.1) is 13.3 Å². The number of ether oxygens (including phenoxy) is 1. The number of hydrogen-bond donors (Lipinski definition) is 0. The first-order chi connectivity index (χ1) is 7.46. The van der Waals surface area contributed by atoms with Crippen LogP contribution in [0.5, 0.6) is 0 Å². The van der Waals surface area contributed by atoms with Crippen LogP contribution in [0.4, 0.5) is 4.39 Å². The zero-order chi connectivity index (χ0) is 11.9. The van der Waals surface area contributed by atoms with Gasteiger partial charge in [0.15, 0.2) is 0 Å². The molecule has 0 radical (unpaired) electrons. The minimum atomic E-state index is -3.65. The maximum absolute atomic E-state index is 13.1. The highest BCUT2D eigenvalue weighted by Gasteiger charge is 2.29. The molecule has 1 aromatic rings. The van der Waals surface area contributed by atoms with Gasteiger partial charge in [-0.25, -0.2) is 12.8 Å². The Labute approximate surface area is 93.0 Å². The van der Waals surface area contributed by atoms with Gasteiger partial charge in [0, 0.05) is 12.6 Å². The smallest absolute Gasteiger partial charge is 0.264 e. The molecule has 0 aromatic heterocycles. The number of hydrogen-bond acceptors (Lipinski definition) is 3. The van der Waals surface area contributed by atoms with Gasteiger partial charge < -0.3 is 4.74 Å². The van der Waals surface area contributed by atoms with E-state index in [1.54, 1.807) is 0 Å². The van der Waals surface area contributed by atoms with Crippen LogP contribution in [0.1, 0.15) is 5.56 Å². The first-order valence-corrected chi connectivity index (χ1v) is 5.94. The highest BCUT2D eigenvalue weighted by molar-refractivity contribution is 7.89. The highest BCUT2D eigenvalue weighted by Crippen LogP contribution is 2.31. The zero-order valence-electron chi connectivity index (χ0n) is 8.77. The SMILES string of the molecule is COC1=CN(C)S(=O)(=O)c2cc(F)ccc21. The Kier molecular flexibility index (Phi) is 2.38. The van der Waals surface area contributed by atoms with Crippen LogP contribution in [-0.2, 0) is 14.8 Å². The van der Waals surface area contributed by atoms with E-state index in [0.29, 0.717) is 11.3 Å². The van der Waals surface area contributed by atoms with Crippen molar-refractivity contribution in [2.75, 3.05) is 14.2 Å². The van der Waals surface area contributed by atoms with E-state index in [0.717, 1.165) is 10.4 Å². The van der Waals surface area contributed by atoms with Crippen LogP contribution in [0.2, 0.25) is 0 Å². The van der Waals surface area contributed by atoms with Crippen LogP contribution in [0, 0.1) is 5.82 Å². The van der Waals surface area contributed by atoms with Gasteiger partial charge in [-0.05, 0) is 18.2 Å². The average Bonchev–Trinajstić information content (AvgIpc) is 2.24. The summed E-state index contributed by atoms with van der Waals surface area (Å²) < 4.78 is 42.9. The molecule has 0 amide bonds. The largest absolute Gasteiger partial charge is 0.495 e. The quantitative estimate of drug-likeness (QED) is 0.749. The summed E-state index contributed by atoms with van der Waals surface area (Å²) in [6, 6.07) is 3.59. The molecule has 1 heterocycles. The van der Waals surface area contributed by atoms with Crippen LogP contribution >= 0.6 is 0 Å². The normalized spacial score (nSPS) is 17.7. The lowest BCUT2D eigenvalue weighted by molar-refractivity contribution is 0.360. The molecular weight excluding hydrogens is 233 g/mol. The molecule has 0 atom stereocenters. The van der Waals surface area contributed by atoms with Gasteiger partial charge in [-0.15, -0.1) is 0 Å². The number of benzene rings is 1. The van der Waals surface area contributed by atoms with E-state index in [9.17, 15) is 12.8 Å². The van der Waals surface area contributed by atoms with Crippen LogP contribution in [-0.4, -0.2) is 26.9 Å². The molecule has 2 rings (SSSR count). The molecule has 0 fully saturated rings. The Morgan fingerprint density at radius 3 is 2.69 bits per heavy atom. The number of nitrogens with zero attached hydrogens (tertiary/aromatic N) is 1. The summed E-state index contributed by atoms with van der Waals surface area (Å²) >= 11 is 0. The van der Waals surface area contributed by atoms with Crippen LogP contribution in [0.25, 0.3) is 5.76 Å². The molecule has 0 aliphatic carbocycles. The van der Waals surface area contributed by atoms with E-state index >= 15 is 0 Å². The summed E-state index contributed by atoms with van der Waals surface area (Å²) in [5.41, 5.74) is 0.377. The van der Waals surface area contributed by atoms with E-state index in [1.807, 2.05) is 0 Å². The Hall–Kier alpha value is -1.56. The molecule has 1 aliphatic heterocycles. The molecule has 0 spiro atoms. The van der Waals surface area contributed by atoms with Gasteiger partial charge >= 0.3 is 0 Å². The zero-order valence-corrected chi connectivity index (χ0v) is 9.58. The fourth-order valence-electron chi connectivity index (χ4n) is 1.53. The van der Waals surface area contributed by atoms with Gasteiger partial charge in [0.2, 0.25) is 0 Å². The lowest BCUT2D eigenvalue weighted by atomic mass is 10.2. The molecule has 4 nitrogen and oxygen atoms in total. The van der Waals surface area contributed by atoms with Crippen molar-refractivity contribution in [1.29, 1.82) is 0 Å². The van der Waals surface area contributed by atoms with Crippen molar-refractivity contribution in [1.82, 2.24) is 4.31 Å². The number of sulfonamides is 1. The van der Waals surface area contributed by atoms with Gasteiger partial charge in [0.1, 0.15) is 16.5 Å². The average molecular weight is 243 g/mol. The summed E-state index contributed by atoms with van der Waals surface area (Å²) in [7, 11) is -0.837. The fraction of sp³-hybridized carbons (Fsp3) is 0.200. The van der Waals surface area contributed by atoms with Crippen molar-refractivity contribution in [3.63, 3.8) is 0 Å². The summed E-state index contributed by atoms with van der Waals surface area (Å²) in [4.78, 5) is -0.0747. The van der Waals surface area contributed by atoms with E-state index in [4.69, 9.17) is 4.74 Å². The molecule has 6 heteroatoms. The predicted molar refractivity (Wildman–Crippen MR) is 56.3 cm³/mol. The maximum Gasteiger partial charge on any atom is 0.264 e. The van der Waals surface area contributed by atoms with Gasteiger partial charge in [-0.2, -0.15) is 0 Å². The van der Waals surface area contributed by atoms with Crippen LogP contribution < -0.4 is 0 Å². The van der Waals surface area contributed by atoms with Crippen molar-refractivity contribution in [3.05, 3.63) is 35.8 Å². The van der Waals surface area contributed by atoms with Crippen LogP contribution in [0.3, 0.4) is 0 Å². The third kappa shape index (κ3) is 1.46. The lowest BCUT2D eigenvalue weighted by Gasteiger charge is -2.24. The third-order valence-corrected chi connectivity index (χ3v) is 4.14. The first-order valence-electron chi connectivity index (χ1n) is 4.50. The molecule has 16 heavy (non-hydrogen) atoms. The second kappa shape index (κ2) is 3.48. The Morgan fingerprint density at radius 2 is 2.06 bits per heavy atom. The van der Waals surface area contributed by atoms with Crippen LogP contribution in [0.15, 0.2) is 29.3 Å². The van der Waals surface area contributed by atoms with Crippen molar-refractivity contribution in [2.45, 2.75) is 4.90 Å². The minimum absolute atomic E-state index is 0.0747. The van der Waals surface area contributed by atoms with Gasteiger partial charge in [-0.3, -0.25) is 4.31 Å². The van der Waals surface area contributed by atoms with Crippen molar-refractivity contribution in [3.8, 4) is 0 Å². The fourth-order valence-corrected chi connectivity index (χ4v) is 2.79. The number of fused-ring (bicyclic) bond motifs is 1. The second-order valence-corrected chi connectivity index (χ2v) is 5.33. The molecular formula is C10H10FNO3S. The van der Waals surface area contributed by atoms with E-state index in [-0.39, 0.29) is 4.90 Å². The molecule has 1 aliphatic rings. The van der Waals surface area contributed by atoms with Gasteiger partial charge in [0.25, 0.3) is 10.0 Å². The molecule has 1 aromatic carbocycles. The standard InChI is InChI=1S/C10H10FNO3S/c1-12-6-9(15-2)8-4-3-7(11)5-10(8)16(12,13)14/h3-6H,1-2H3. The third-order valence-electron chi connectivity index (χ3n) is 2.39. The molecule has 0 bridgehead atoms. The maximum atomic E-state index is 13.1. The Balaban J connectivity index is 2.77. The topological polar surface area (TPSA) is 46.6 Å². The number of methoxy groups -OCH3 is 1. The molecule has 0 saturated heterocycles. The highest BCUT2D eigenvalue weighted by atomic mass is 32.2. The second-order valence-electron chi connectivity index (χ2n) is 3.36. The summed E-state index contributed by atoms with van der Waals surface area (Å²) in [6.07, 6.45) is 1.36. The molecule has 0 unspecified atom stereocenters. The van der Waals surface area contributed by atoms with Crippen molar-refractivity contribution >= 4 is 15.8 Å². The monoisotopic (exact) mass is 243 g/mol. The summed E-state index contributed by atoms with van der Waals surface area (Å²) in [6.45, 7) is 0. The summed E-state index contributed by atoms with van der Waals surface area (Å²) in [5, 5.41) is 0. The minimum Gasteiger partial charge on any atom is -0.495 e. The van der Waals surface area contributed by atoms with E-state index in [2.05, 4.69) is 0 Å². The lowest BCUT2D eigenvalue weighted by Crippen LogP contribution is -2.26. The van der Waals surface area contributed by atoms with Crippen molar-refractivity contribution < 1.29 is 17.5 Å². The van der Waals surface area contributed by atoms with Crippen molar-refractivity contribution in [2.24, 2.45) is 0 Å². The van der Waals surface area contributed by atoms with Gasteiger partial charge in [-0.1, -0.05) is 0 Å². The first kappa shape index (κ1) is 10.9. The Morgan fingerprint density at radius 1 is 1.38 bits per heavy atom. The van der Waals surface area contributed by atoms with E-state index in [1.165, 1.54) is 32.5 Å². The summed E-state index contributed by atoms with van der Waals surface area (Å²) in [5.74, 6) is -0.194. The van der Waals surface area contributed by atoms with E-state index < -0.39 is 15.8 Å².